The first-order valence-corrected chi connectivity index (χ1v) is 9.85. The van der Waals surface area contributed by atoms with Crippen LogP contribution in [-0.2, 0) is 21.3 Å². The molecule has 0 bridgehead atoms. The van der Waals surface area contributed by atoms with Crippen LogP contribution in [0.2, 0.25) is 0 Å². The number of imide groups is 1. The molecule has 0 unspecified atom stereocenters. The number of carbonyl (C=O) groups is 3. The Labute approximate surface area is 174 Å². The molecule has 2 rings (SSSR count). The fraction of sp³-hybridized carbons (Fsp3) is 0.571. The normalized spacial score (nSPS) is 19.6. The third kappa shape index (κ3) is 5.12. The van der Waals surface area contributed by atoms with Crippen molar-refractivity contribution < 1.29 is 27.6 Å². The first kappa shape index (κ1) is 23.7. The van der Waals surface area contributed by atoms with Crippen molar-refractivity contribution in [2.45, 2.75) is 46.3 Å². The first-order valence-electron chi connectivity index (χ1n) is 9.85. The second-order valence-corrected chi connectivity index (χ2v) is 8.61. The van der Waals surface area contributed by atoms with Crippen molar-refractivity contribution in [1.82, 2.24) is 15.1 Å². The van der Waals surface area contributed by atoms with Crippen molar-refractivity contribution in [1.29, 1.82) is 0 Å². The minimum absolute atomic E-state index is 0.00633. The van der Waals surface area contributed by atoms with Crippen molar-refractivity contribution in [3.8, 4) is 0 Å². The number of urea groups is 1. The SMILES string of the molecule is CC(C)CN(CC(C)C)C(=O)CN1C(=O)N[C@@](C)(c2cccc(C(F)(F)F)c2)C1=O. The minimum atomic E-state index is -4.58. The van der Waals surface area contributed by atoms with E-state index in [9.17, 15) is 27.6 Å². The molecule has 1 aliphatic heterocycles. The standard InChI is InChI=1S/C21H28F3N3O3/c1-13(2)10-26(11-14(3)4)17(28)12-27-18(29)20(5,25-19(27)30)15-7-6-8-16(9-15)21(22,23)24/h6-9,13-14H,10-12H2,1-5H3,(H,25,30)/t20-/m0/s1. The summed E-state index contributed by atoms with van der Waals surface area (Å²) in [6.45, 7) is 9.67. The van der Waals surface area contributed by atoms with Crippen molar-refractivity contribution in [3.05, 3.63) is 35.4 Å². The largest absolute Gasteiger partial charge is 0.416 e. The van der Waals surface area contributed by atoms with Crippen LogP contribution in [0.15, 0.2) is 24.3 Å². The van der Waals surface area contributed by atoms with E-state index in [1.807, 2.05) is 27.7 Å². The molecule has 0 saturated carbocycles. The average molecular weight is 427 g/mol. The van der Waals surface area contributed by atoms with Gasteiger partial charge in [0.25, 0.3) is 5.91 Å². The molecule has 1 fully saturated rings. The zero-order valence-electron chi connectivity index (χ0n) is 17.8. The third-order valence-electron chi connectivity index (χ3n) is 4.86. The van der Waals surface area contributed by atoms with E-state index >= 15 is 0 Å². The number of benzene rings is 1. The summed E-state index contributed by atoms with van der Waals surface area (Å²) in [5, 5.41) is 2.45. The van der Waals surface area contributed by atoms with Gasteiger partial charge in [0.1, 0.15) is 12.1 Å². The van der Waals surface area contributed by atoms with E-state index in [4.69, 9.17) is 0 Å². The molecule has 0 spiro atoms. The number of hydrogen-bond acceptors (Lipinski definition) is 3. The lowest BCUT2D eigenvalue weighted by Crippen LogP contribution is -2.46. The number of hydrogen-bond donors (Lipinski definition) is 1. The summed E-state index contributed by atoms with van der Waals surface area (Å²) in [5.41, 5.74) is -2.59. The molecule has 1 saturated heterocycles. The fourth-order valence-corrected chi connectivity index (χ4v) is 3.44. The maximum atomic E-state index is 13.1. The molecule has 0 radical (unpaired) electrons. The molecule has 1 aromatic carbocycles. The van der Waals surface area contributed by atoms with Crippen LogP contribution in [0.25, 0.3) is 0 Å². The molecule has 4 amide bonds. The summed E-state index contributed by atoms with van der Waals surface area (Å²) in [6.07, 6.45) is -4.58. The smallest absolute Gasteiger partial charge is 0.341 e. The first-order chi connectivity index (χ1) is 13.8. The zero-order chi connectivity index (χ0) is 22.9. The van der Waals surface area contributed by atoms with Crippen LogP contribution >= 0.6 is 0 Å². The van der Waals surface area contributed by atoms with Gasteiger partial charge in [0.15, 0.2) is 0 Å². The number of nitrogens with one attached hydrogen (secondary N) is 1. The van der Waals surface area contributed by atoms with Crippen molar-refractivity contribution in [2.75, 3.05) is 19.6 Å². The van der Waals surface area contributed by atoms with Crippen LogP contribution < -0.4 is 5.32 Å². The highest BCUT2D eigenvalue weighted by Crippen LogP contribution is 2.34. The molecule has 6 nitrogen and oxygen atoms in total. The summed E-state index contributed by atoms with van der Waals surface area (Å²) < 4.78 is 39.2. The highest BCUT2D eigenvalue weighted by atomic mass is 19.4. The van der Waals surface area contributed by atoms with Crippen LogP contribution in [0.3, 0.4) is 0 Å². The monoisotopic (exact) mass is 427 g/mol. The maximum absolute atomic E-state index is 13.1. The van der Waals surface area contributed by atoms with Gasteiger partial charge in [-0.05, 0) is 36.5 Å². The highest BCUT2D eigenvalue weighted by molar-refractivity contribution is 6.09. The topological polar surface area (TPSA) is 69.7 Å². The Morgan fingerprint density at radius 1 is 1.13 bits per heavy atom. The van der Waals surface area contributed by atoms with Gasteiger partial charge in [-0.3, -0.25) is 14.5 Å². The highest BCUT2D eigenvalue weighted by Gasteiger charge is 2.50. The molecule has 1 atom stereocenters. The van der Waals surface area contributed by atoms with Gasteiger partial charge in [0.05, 0.1) is 5.56 Å². The Bertz CT molecular complexity index is 813. The Morgan fingerprint density at radius 2 is 1.70 bits per heavy atom. The average Bonchev–Trinajstić information content (AvgIpc) is 2.84. The van der Waals surface area contributed by atoms with Gasteiger partial charge in [0.2, 0.25) is 5.91 Å². The molecule has 1 N–H and O–H groups in total. The van der Waals surface area contributed by atoms with Gasteiger partial charge in [0, 0.05) is 13.1 Å². The van der Waals surface area contributed by atoms with Gasteiger partial charge in [-0.1, -0.05) is 39.8 Å². The summed E-state index contributed by atoms with van der Waals surface area (Å²) in [6, 6.07) is 3.47. The zero-order valence-corrected chi connectivity index (χ0v) is 17.8. The van der Waals surface area contributed by atoms with Crippen LogP contribution in [0.4, 0.5) is 18.0 Å². The number of alkyl halides is 3. The molecule has 30 heavy (non-hydrogen) atoms. The van der Waals surface area contributed by atoms with Gasteiger partial charge in [-0.2, -0.15) is 13.2 Å². The predicted molar refractivity (Wildman–Crippen MR) is 105 cm³/mol. The quantitative estimate of drug-likeness (QED) is 0.676. The molecule has 9 heteroatoms. The molecule has 0 aromatic heterocycles. The summed E-state index contributed by atoms with van der Waals surface area (Å²) in [7, 11) is 0. The number of rotatable bonds is 7. The molecule has 1 heterocycles. The Hall–Kier alpha value is -2.58. The van der Waals surface area contributed by atoms with E-state index in [2.05, 4.69) is 5.32 Å². The summed E-state index contributed by atoms with van der Waals surface area (Å²) >= 11 is 0. The van der Waals surface area contributed by atoms with Crippen molar-refractivity contribution in [3.63, 3.8) is 0 Å². The molecule has 1 aromatic rings. The minimum Gasteiger partial charge on any atom is -0.341 e. The van der Waals surface area contributed by atoms with E-state index < -0.39 is 35.8 Å². The summed E-state index contributed by atoms with van der Waals surface area (Å²) in [4.78, 5) is 40.6. The second-order valence-electron chi connectivity index (χ2n) is 8.61. The van der Waals surface area contributed by atoms with Crippen molar-refractivity contribution in [2.24, 2.45) is 11.8 Å². The van der Waals surface area contributed by atoms with E-state index in [1.54, 1.807) is 4.90 Å². The summed E-state index contributed by atoms with van der Waals surface area (Å²) in [5.74, 6) is -0.735. The fourth-order valence-electron chi connectivity index (χ4n) is 3.44. The number of halogens is 3. The number of nitrogens with zero attached hydrogens (tertiary/aromatic N) is 2. The molecule has 0 aliphatic carbocycles. The van der Waals surface area contributed by atoms with Gasteiger partial charge in [-0.15, -0.1) is 0 Å². The second kappa shape index (κ2) is 8.65. The van der Waals surface area contributed by atoms with Crippen LogP contribution in [0.1, 0.15) is 45.7 Å². The lowest BCUT2D eigenvalue weighted by atomic mass is 9.90. The molecular formula is C21H28F3N3O3. The van der Waals surface area contributed by atoms with Gasteiger partial charge in [-0.25, -0.2) is 4.79 Å². The third-order valence-corrected chi connectivity index (χ3v) is 4.86. The predicted octanol–water partition coefficient (Wildman–Crippen LogP) is 3.61. The molecule has 166 valence electrons. The number of carbonyl (C=O) groups excluding carboxylic acids is 3. The number of amides is 4. The van der Waals surface area contributed by atoms with E-state index in [0.717, 1.165) is 17.0 Å². The Kier molecular flexibility index (Phi) is 6.83. The van der Waals surface area contributed by atoms with Crippen molar-refractivity contribution >= 4 is 17.8 Å². The Morgan fingerprint density at radius 3 is 2.20 bits per heavy atom. The lowest BCUT2D eigenvalue weighted by Gasteiger charge is -2.28. The van der Waals surface area contributed by atoms with Crippen LogP contribution in [0, 0.1) is 11.8 Å². The van der Waals surface area contributed by atoms with E-state index in [-0.39, 0.29) is 23.3 Å². The van der Waals surface area contributed by atoms with Crippen LogP contribution in [-0.4, -0.2) is 47.3 Å². The Balaban J connectivity index is 2.26. The maximum Gasteiger partial charge on any atom is 0.416 e. The molecular weight excluding hydrogens is 399 g/mol. The van der Waals surface area contributed by atoms with Gasteiger partial charge < -0.3 is 10.2 Å². The van der Waals surface area contributed by atoms with E-state index in [1.165, 1.54) is 19.1 Å². The van der Waals surface area contributed by atoms with Gasteiger partial charge >= 0.3 is 12.2 Å². The molecule has 1 aliphatic rings. The van der Waals surface area contributed by atoms with E-state index in [0.29, 0.717) is 13.1 Å². The van der Waals surface area contributed by atoms with Crippen LogP contribution in [0.5, 0.6) is 0 Å². The lowest BCUT2D eigenvalue weighted by molar-refractivity contribution is -0.139.